The van der Waals surface area contributed by atoms with Crippen LogP contribution in [0, 0.1) is 0 Å². The summed E-state index contributed by atoms with van der Waals surface area (Å²) < 4.78 is 2.51. The van der Waals surface area contributed by atoms with Crippen LogP contribution in [-0.2, 0) is 0 Å². The number of thiophene rings is 1. The van der Waals surface area contributed by atoms with Crippen LogP contribution in [0.2, 0.25) is 0 Å². The molecule has 0 radical (unpaired) electrons. The topological polar surface area (TPSA) is 12.9 Å². The van der Waals surface area contributed by atoms with Crippen molar-refractivity contribution in [2.45, 2.75) is 0 Å². The molecule has 200 valence electrons. The number of pyridine rings is 1. The molecule has 0 aliphatic carbocycles. The van der Waals surface area contributed by atoms with Gasteiger partial charge in [0.15, 0.2) is 0 Å². The molecule has 43 heavy (non-hydrogen) atoms. The molecule has 0 spiro atoms. The Bertz CT molecular complexity index is 2430. The summed E-state index contributed by atoms with van der Waals surface area (Å²) in [5.74, 6) is 0. The molecule has 7 aromatic carbocycles. The number of hydrogen-bond acceptors (Lipinski definition) is 2. The third-order valence-corrected chi connectivity index (χ3v) is 9.84. The van der Waals surface area contributed by atoms with Crippen molar-refractivity contribution in [2.75, 3.05) is 0 Å². The average Bonchev–Trinajstić information content (AvgIpc) is 3.45. The Balaban J connectivity index is 1.41. The smallest absolute Gasteiger partial charge is 0.0902 e. The predicted octanol–water partition coefficient (Wildman–Crippen LogP) is 11.9. The second-order valence-electron chi connectivity index (χ2n) is 11.1. The summed E-state index contributed by atoms with van der Waals surface area (Å²) in [5.41, 5.74) is 9.64. The molecule has 0 unspecified atom stereocenters. The molecule has 0 atom stereocenters. The Morgan fingerprint density at radius 2 is 0.837 bits per heavy atom. The zero-order valence-corrected chi connectivity index (χ0v) is 24.1. The summed E-state index contributed by atoms with van der Waals surface area (Å²) in [6.45, 7) is 0. The fraction of sp³-hybridized carbons (Fsp3) is 0. The highest BCUT2D eigenvalue weighted by Gasteiger charge is 2.22. The second kappa shape index (κ2) is 9.62. The first kappa shape index (κ1) is 24.3. The minimum Gasteiger partial charge on any atom is -0.246 e. The van der Waals surface area contributed by atoms with Crippen molar-refractivity contribution in [1.29, 1.82) is 0 Å². The SMILES string of the molecule is c1ccc(-c2ccc(-c3c4ccccc4c(-c4c5ccccc5nc5c4sc4ccccc45)c4ccccc34)cc2)cc1. The van der Waals surface area contributed by atoms with Crippen LogP contribution in [0.5, 0.6) is 0 Å². The summed E-state index contributed by atoms with van der Waals surface area (Å²) in [5, 5.41) is 7.46. The van der Waals surface area contributed by atoms with Gasteiger partial charge in [0, 0.05) is 21.0 Å². The van der Waals surface area contributed by atoms with Gasteiger partial charge >= 0.3 is 0 Å². The first-order valence-corrected chi connectivity index (χ1v) is 15.5. The predicted molar refractivity (Wildman–Crippen MR) is 186 cm³/mol. The molecule has 9 rings (SSSR count). The maximum Gasteiger partial charge on any atom is 0.0902 e. The van der Waals surface area contributed by atoms with Crippen LogP contribution >= 0.6 is 11.3 Å². The van der Waals surface area contributed by atoms with E-state index in [1.54, 1.807) is 0 Å². The van der Waals surface area contributed by atoms with E-state index in [0.717, 1.165) is 11.0 Å². The number of aromatic nitrogens is 1. The standard InChI is InChI=1S/C41H25NS/c1-2-12-26(13-3-1)27-22-24-28(25-23-27)37-29-14-4-6-16-31(29)38(32-17-7-5-15-30(32)37)39-33-18-8-10-20-35(33)42-40-34-19-9-11-21-36(34)43-41(39)40/h1-25H. The van der Waals surface area contributed by atoms with Gasteiger partial charge in [-0.2, -0.15) is 0 Å². The molecule has 2 heterocycles. The maximum absolute atomic E-state index is 5.22. The van der Waals surface area contributed by atoms with Gasteiger partial charge in [-0.25, -0.2) is 4.98 Å². The Morgan fingerprint density at radius 1 is 0.349 bits per heavy atom. The number of rotatable bonds is 3. The van der Waals surface area contributed by atoms with Crippen LogP contribution in [0.3, 0.4) is 0 Å². The van der Waals surface area contributed by atoms with E-state index < -0.39 is 0 Å². The van der Waals surface area contributed by atoms with Gasteiger partial charge in [0.05, 0.1) is 15.7 Å². The van der Waals surface area contributed by atoms with Crippen LogP contribution < -0.4 is 0 Å². The van der Waals surface area contributed by atoms with Gasteiger partial charge < -0.3 is 0 Å². The highest BCUT2D eigenvalue weighted by Crippen LogP contribution is 2.49. The Labute approximate surface area is 253 Å². The average molecular weight is 564 g/mol. The number of hydrogen-bond donors (Lipinski definition) is 0. The number of para-hydroxylation sites is 1. The fourth-order valence-corrected chi connectivity index (χ4v) is 7.96. The molecule has 2 heteroatoms. The van der Waals surface area contributed by atoms with E-state index in [9.17, 15) is 0 Å². The van der Waals surface area contributed by atoms with Crippen molar-refractivity contribution < 1.29 is 0 Å². The van der Waals surface area contributed by atoms with E-state index in [1.807, 2.05) is 11.3 Å². The van der Waals surface area contributed by atoms with Gasteiger partial charge in [0.1, 0.15) is 0 Å². The highest BCUT2D eigenvalue weighted by atomic mass is 32.1. The van der Waals surface area contributed by atoms with E-state index in [2.05, 4.69) is 152 Å². The third kappa shape index (κ3) is 3.74. The van der Waals surface area contributed by atoms with Gasteiger partial charge in [0.2, 0.25) is 0 Å². The molecule has 0 saturated heterocycles. The Hall–Kier alpha value is -5.31. The molecule has 0 fully saturated rings. The fourth-order valence-electron chi connectivity index (χ4n) is 6.75. The zero-order chi connectivity index (χ0) is 28.3. The van der Waals surface area contributed by atoms with Gasteiger partial charge in [-0.15, -0.1) is 11.3 Å². The molecule has 0 amide bonds. The van der Waals surface area contributed by atoms with Crippen molar-refractivity contribution in [1.82, 2.24) is 4.98 Å². The minimum absolute atomic E-state index is 1.03. The molecule has 2 aromatic heterocycles. The first-order valence-electron chi connectivity index (χ1n) is 14.6. The van der Waals surface area contributed by atoms with Crippen LogP contribution in [-0.4, -0.2) is 4.98 Å². The van der Waals surface area contributed by atoms with Crippen molar-refractivity contribution in [2.24, 2.45) is 0 Å². The lowest BCUT2D eigenvalue weighted by atomic mass is 9.85. The monoisotopic (exact) mass is 563 g/mol. The highest BCUT2D eigenvalue weighted by molar-refractivity contribution is 7.26. The molecule has 0 N–H and O–H groups in total. The van der Waals surface area contributed by atoms with Crippen molar-refractivity contribution >= 4 is 64.1 Å². The van der Waals surface area contributed by atoms with Gasteiger partial charge in [0.25, 0.3) is 0 Å². The quantitative estimate of drug-likeness (QED) is 0.195. The maximum atomic E-state index is 5.22. The summed E-state index contributed by atoms with van der Waals surface area (Å²) in [4.78, 5) is 5.22. The minimum atomic E-state index is 1.03. The lowest BCUT2D eigenvalue weighted by Crippen LogP contribution is -1.93. The third-order valence-electron chi connectivity index (χ3n) is 8.66. The molecule has 0 saturated carbocycles. The van der Waals surface area contributed by atoms with E-state index in [4.69, 9.17) is 4.98 Å². The number of nitrogens with zero attached hydrogens (tertiary/aromatic N) is 1. The second-order valence-corrected chi connectivity index (χ2v) is 12.1. The van der Waals surface area contributed by atoms with Crippen molar-refractivity contribution in [3.05, 3.63) is 152 Å². The number of benzene rings is 7. The van der Waals surface area contributed by atoms with E-state index in [1.165, 1.54) is 75.1 Å². The first-order chi connectivity index (χ1) is 21.3. The molecular formula is C41H25NS. The van der Waals surface area contributed by atoms with E-state index >= 15 is 0 Å². The molecule has 0 aliphatic rings. The van der Waals surface area contributed by atoms with Gasteiger partial charge in [-0.1, -0.05) is 140 Å². The summed E-state index contributed by atoms with van der Waals surface area (Å²) in [6, 6.07) is 54.8. The van der Waals surface area contributed by atoms with Crippen molar-refractivity contribution in [3.8, 4) is 33.4 Å². The van der Waals surface area contributed by atoms with E-state index in [-0.39, 0.29) is 0 Å². The molecular weight excluding hydrogens is 539 g/mol. The van der Waals surface area contributed by atoms with Crippen LogP contribution in [0.25, 0.3) is 86.1 Å². The largest absolute Gasteiger partial charge is 0.246 e. The van der Waals surface area contributed by atoms with Crippen LogP contribution in [0.15, 0.2) is 152 Å². The number of fused-ring (bicyclic) bond motifs is 6. The molecule has 0 aliphatic heterocycles. The molecule has 9 aromatic rings. The zero-order valence-electron chi connectivity index (χ0n) is 23.3. The van der Waals surface area contributed by atoms with Crippen LogP contribution in [0.1, 0.15) is 0 Å². The van der Waals surface area contributed by atoms with Crippen LogP contribution in [0.4, 0.5) is 0 Å². The normalized spacial score (nSPS) is 11.7. The van der Waals surface area contributed by atoms with Crippen molar-refractivity contribution in [3.63, 3.8) is 0 Å². The molecule has 0 bridgehead atoms. The lowest BCUT2D eigenvalue weighted by molar-refractivity contribution is 1.53. The van der Waals surface area contributed by atoms with Gasteiger partial charge in [-0.3, -0.25) is 0 Å². The summed E-state index contributed by atoms with van der Waals surface area (Å²) in [7, 11) is 0. The van der Waals surface area contributed by atoms with E-state index in [0.29, 0.717) is 0 Å². The summed E-state index contributed by atoms with van der Waals surface area (Å²) >= 11 is 1.85. The lowest BCUT2D eigenvalue weighted by Gasteiger charge is -2.19. The summed E-state index contributed by atoms with van der Waals surface area (Å²) in [6.07, 6.45) is 0. The Morgan fingerprint density at radius 3 is 1.51 bits per heavy atom. The van der Waals surface area contributed by atoms with Gasteiger partial charge in [-0.05, 0) is 61.5 Å². The Kier molecular flexibility index (Phi) is 5.44. The molecule has 1 nitrogen and oxygen atoms in total.